The summed E-state index contributed by atoms with van der Waals surface area (Å²) in [5, 5.41) is 12.0. The van der Waals surface area contributed by atoms with Crippen molar-refractivity contribution in [1.82, 2.24) is 10.2 Å². The first-order valence-corrected chi connectivity index (χ1v) is 11.5. The first kappa shape index (κ1) is 21.5. The van der Waals surface area contributed by atoms with Crippen LogP contribution in [0.2, 0.25) is 0 Å². The van der Waals surface area contributed by atoms with Gasteiger partial charge in [-0.05, 0) is 35.1 Å². The number of alkyl carbamates (subject to hydrolysis) is 1. The number of nitrogens with one attached hydrogen (secondary N) is 1. The first-order chi connectivity index (χ1) is 15.9. The zero-order valence-corrected chi connectivity index (χ0v) is 18.6. The van der Waals surface area contributed by atoms with E-state index in [1.807, 2.05) is 24.3 Å². The fraction of sp³-hybridized carbons (Fsp3) is 0.423. The summed E-state index contributed by atoms with van der Waals surface area (Å²) in [4.78, 5) is 38.0. The third-order valence-corrected chi connectivity index (χ3v) is 7.41. The van der Waals surface area contributed by atoms with Crippen molar-refractivity contribution in [1.29, 1.82) is 0 Å². The van der Waals surface area contributed by atoms with Gasteiger partial charge in [0, 0.05) is 24.9 Å². The van der Waals surface area contributed by atoms with Crippen LogP contribution in [-0.4, -0.2) is 53.2 Å². The van der Waals surface area contributed by atoms with Gasteiger partial charge in [-0.3, -0.25) is 9.59 Å². The van der Waals surface area contributed by atoms with Crippen LogP contribution in [0, 0.1) is 11.8 Å². The van der Waals surface area contributed by atoms with Gasteiger partial charge < -0.3 is 20.1 Å². The molecule has 0 bridgehead atoms. The fourth-order valence-corrected chi connectivity index (χ4v) is 4.98. The maximum Gasteiger partial charge on any atom is 0.407 e. The van der Waals surface area contributed by atoms with Crippen molar-refractivity contribution < 1.29 is 24.2 Å². The van der Waals surface area contributed by atoms with Gasteiger partial charge in [0.1, 0.15) is 6.61 Å². The highest BCUT2D eigenvalue weighted by Gasteiger charge is 2.48. The Labute approximate surface area is 192 Å². The first-order valence-electron chi connectivity index (χ1n) is 11.5. The number of hydrogen-bond donors (Lipinski definition) is 2. The number of hydrogen-bond acceptors (Lipinski definition) is 4. The van der Waals surface area contributed by atoms with Crippen molar-refractivity contribution in [2.24, 2.45) is 11.8 Å². The van der Waals surface area contributed by atoms with Crippen molar-refractivity contribution in [3.8, 4) is 11.1 Å². The van der Waals surface area contributed by atoms with E-state index < -0.39 is 23.5 Å². The minimum atomic E-state index is -0.831. The third-order valence-electron chi connectivity index (χ3n) is 7.41. The van der Waals surface area contributed by atoms with Gasteiger partial charge in [0.05, 0.1) is 17.9 Å². The van der Waals surface area contributed by atoms with E-state index >= 15 is 0 Å². The summed E-state index contributed by atoms with van der Waals surface area (Å²) in [5.41, 5.74) is 4.13. The standard InChI is InChI=1S/C26H28N2O5/c1-16(24(30)31)17-13-28(14-17)23(29)12-26(10-11-26)27-25(32)33-15-22-20-8-4-2-6-18(20)19-7-3-5-9-21(19)22/h2-9,16-17,22H,10-15H2,1H3,(H,27,32)(H,30,31). The Morgan fingerprint density at radius 3 is 2.18 bits per heavy atom. The number of carboxylic acid groups (broad SMARTS) is 1. The Balaban J connectivity index is 1.15. The van der Waals surface area contributed by atoms with Crippen LogP contribution in [0.5, 0.6) is 0 Å². The molecule has 2 aliphatic carbocycles. The number of nitrogens with zero attached hydrogens (tertiary/aromatic N) is 1. The Kier molecular flexibility index (Phi) is 5.35. The summed E-state index contributed by atoms with van der Waals surface area (Å²) in [5.74, 6) is -1.34. The lowest BCUT2D eigenvalue weighted by Crippen LogP contribution is -2.55. The summed E-state index contributed by atoms with van der Waals surface area (Å²) in [7, 11) is 0. The van der Waals surface area contributed by atoms with E-state index in [0.29, 0.717) is 13.1 Å². The number of likely N-dealkylation sites (tertiary alicyclic amines) is 1. The number of rotatable bonds is 7. The summed E-state index contributed by atoms with van der Waals surface area (Å²) in [6, 6.07) is 16.4. The molecule has 2 aromatic rings. The average Bonchev–Trinajstić information content (AvgIpc) is 3.43. The topological polar surface area (TPSA) is 95.9 Å². The number of fused-ring (bicyclic) bond motifs is 3. The molecule has 172 valence electrons. The van der Waals surface area contributed by atoms with Crippen molar-refractivity contribution >= 4 is 18.0 Å². The van der Waals surface area contributed by atoms with Crippen LogP contribution < -0.4 is 5.32 Å². The molecule has 0 aromatic heterocycles. The molecule has 2 fully saturated rings. The molecule has 2 aromatic carbocycles. The Morgan fingerprint density at radius 1 is 1.06 bits per heavy atom. The Morgan fingerprint density at radius 2 is 1.64 bits per heavy atom. The lowest BCUT2D eigenvalue weighted by atomic mass is 9.86. The predicted molar refractivity (Wildman–Crippen MR) is 122 cm³/mol. The maximum absolute atomic E-state index is 12.6. The minimum Gasteiger partial charge on any atom is -0.481 e. The van der Waals surface area contributed by atoms with Crippen LogP contribution in [0.15, 0.2) is 48.5 Å². The molecule has 33 heavy (non-hydrogen) atoms. The van der Waals surface area contributed by atoms with Crippen LogP contribution in [0.25, 0.3) is 11.1 Å². The summed E-state index contributed by atoms with van der Waals surface area (Å²) >= 11 is 0. The predicted octanol–water partition coefficient (Wildman–Crippen LogP) is 3.63. The zero-order valence-electron chi connectivity index (χ0n) is 18.6. The van der Waals surface area contributed by atoms with Crippen LogP contribution in [0.1, 0.15) is 43.2 Å². The second-order valence-corrected chi connectivity index (χ2v) is 9.59. The van der Waals surface area contributed by atoms with Crippen molar-refractivity contribution in [3.05, 3.63) is 59.7 Å². The molecule has 2 N–H and O–H groups in total. The van der Waals surface area contributed by atoms with E-state index in [2.05, 4.69) is 29.6 Å². The molecule has 7 heteroatoms. The molecule has 7 nitrogen and oxygen atoms in total. The average molecular weight is 449 g/mol. The molecule has 1 aliphatic heterocycles. The molecular weight excluding hydrogens is 420 g/mol. The van der Waals surface area contributed by atoms with Crippen molar-refractivity contribution in [2.75, 3.05) is 19.7 Å². The van der Waals surface area contributed by atoms with Gasteiger partial charge in [0.2, 0.25) is 5.91 Å². The van der Waals surface area contributed by atoms with E-state index in [9.17, 15) is 14.4 Å². The summed E-state index contributed by atoms with van der Waals surface area (Å²) in [6.07, 6.45) is 1.21. The van der Waals surface area contributed by atoms with Crippen LogP contribution in [-0.2, 0) is 14.3 Å². The molecule has 2 amide bonds. The molecule has 0 radical (unpaired) electrons. The van der Waals surface area contributed by atoms with E-state index in [1.54, 1.807) is 11.8 Å². The molecule has 0 spiro atoms. The normalized spacial score (nSPS) is 19.1. The number of carboxylic acids is 1. The number of amides is 2. The minimum absolute atomic E-state index is 0.00306. The molecule has 3 aliphatic rings. The van der Waals surface area contributed by atoms with E-state index in [1.165, 1.54) is 11.1 Å². The third kappa shape index (κ3) is 4.08. The number of ether oxygens (including phenoxy) is 1. The molecule has 1 unspecified atom stereocenters. The molecule has 1 heterocycles. The lowest BCUT2D eigenvalue weighted by molar-refractivity contribution is -0.150. The van der Waals surface area contributed by atoms with Gasteiger partial charge in [0.25, 0.3) is 0 Å². The molecular formula is C26H28N2O5. The molecule has 1 saturated carbocycles. The van der Waals surface area contributed by atoms with Crippen LogP contribution >= 0.6 is 0 Å². The monoisotopic (exact) mass is 448 g/mol. The van der Waals surface area contributed by atoms with Gasteiger partial charge in [-0.25, -0.2) is 4.79 Å². The maximum atomic E-state index is 12.6. The van der Waals surface area contributed by atoms with Crippen molar-refractivity contribution in [3.63, 3.8) is 0 Å². The summed E-state index contributed by atoms with van der Waals surface area (Å²) < 4.78 is 5.63. The highest BCUT2D eigenvalue weighted by Crippen LogP contribution is 2.45. The quantitative estimate of drug-likeness (QED) is 0.674. The molecule has 1 atom stereocenters. The molecule has 1 saturated heterocycles. The van der Waals surface area contributed by atoms with Crippen molar-refractivity contribution in [2.45, 2.75) is 37.6 Å². The number of carbonyl (C=O) groups excluding carboxylic acids is 2. The van der Waals surface area contributed by atoms with E-state index in [-0.39, 0.29) is 30.8 Å². The lowest BCUT2D eigenvalue weighted by Gasteiger charge is -2.41. The number of carbonyl (C=O) groups is 3. The van der Waals surface area contributed by atoms with Gasteiger partial charge in [-0.2, -0.15) is 0 Å². The zero-order chi connectivity index (χ0) is 23.2. The van der Waals surface area contributed by atoms with E-state index in [0.717, 1.165) is 24.0 Å². The number of aliphatic carboxylic acids is 1. The SMILES string of the molecule is CC(C(=O)O)C1CN(C(=O)CC2(NC(=O)OCC3c4ccccc4-c4ccccc43)CC2)C1. The molecule has 5 rings (SSSR count). The van der Waals surface area contributed by atoms with E-state index in [4.69, 9.17) is 9.84 Å². The second-order valence-electron chi connectivity index (χ2n) is 9.59. The largest absolute Gasteiger partial charge is 0.481 e. The van der Waals surface area contributed by atoms with Crippen LogP contribution in [0.4, 0.5) is 4.79 Å². The Bertz CT molecular complexity index is 1060. The van der Waals surface area contributed by atoms with Crippen LogP contribution in [0.3, 0.4) is 0 Å². The highest BCUT2D eigenvalue weighted by molar-refractivity contribution is 5.81. The number of benzene rings is 2. The van der Waals surface area contributed by atoms with Gasteiger partial charge >= 0.3 is 12.1 Å². The highest BCUT2D eigenvalue weighted by atomic mass is 16.5. The van der Waals surface area contributed by atoms with Gasteiger partial charge in [0.15, 0.2) is 0 Å². The fourth-order valence-electron chi connectivity index (χ4n) is 4.98. The summed E-state index contributed by atoms with van der Waals surface area (Å²) in [6.45, 7) is 2.85. The van der Waals surface area contributed by atoms with Gasteiger partial charge in [-0.1, -0.05) is 55.5 Å². The second kappa shape index (κ2) is 8.21. The Hall–Kier alpha value is -3.35. The van der Waals surface area contributed by atoms with Gasteiger partial charge in [-0.15, -0.1) is 0 Å². The smallest absolute Gasteiger partial charge is 0.407 e.